The molecule has 0 aromatic heterocycles. The minimum atomic E-state index is -3.69. The smallest absolute Gasteiger partial charge is 0.261 e. The molecule has 1 heterocycles. The van der Waals surface area contributed by atoms with Crippen molar-refractivity contribution in [3.8, 4) is 0 Å². The Morgan fingerprint density at radius 2 is 1.84 bits per heavy atom. The molecule has 25 heavy (non-hydrogen) atoms. The number of aryl methyl sites for hydroxylation is 2. The summed E-state index contributed by atoms with van der Waals surface area (Å²) in [5.41, 5.74) is 2.51. The van der Waals surface area contributed by atoms with E-state index in [0.29, 0.717) is 29.9 Å². The molecular formula is C17H20N2O4S2. The Labute approximate surface area is 148 Å². The Bertz CT molecular complexity index is 1010. The topological polar surface area (TPSA) is 83.6 Å². The maximum absolute atomic E-state index is 12.5. The van der Waals surface area contributed by atoms with E-state index in [2.05, 4.69) is 4.72 Å². The van der Waals surface area contributed by atoms with E-state index < -0.39 is 20.0 Å². The second kappa shape index (κ2) is 6.34. The third-order valence-electron chi connectivity index (χ3n) is 4.14. The molecule has 1 aliphatic heterocycles. The van der Waals surface area contributed by atoms with Gasteiger partial charge in [-0.1, -0.05) is 12.1 Å². The molecule has 0 bridgehead atoms. The number of sulfonamides is 2. The predicted octanol–water partition coefficient (Wildman–Crippen LogP) is 2.64. The fourth-order valence-corrected chi connectivity index (χ4v) is 5.62. The largest absolute Gasteiger partial charge is 0.279 e. The number of anilines is 2. The first kappa shape index (κ1) is 17.8. The Morgan fingerprint density at radius 1 is 1.08 bits per heavy atom. The Kier molecular flexibility index (Phi) is 4.51. The zero-order chi connectivity index (χ0) is 18.2. The monoisotopic (exact) mass is 380 g/mol. The van der Waals surface area contributed by atoms with Crippen LogP contribution in [0.2, 0.25) is 0 Å². The van der Waals surface area contributed by atoms with E-state index in [1.54, 1.807) is 37.3 Å². The molecule has 0 radical (unpaired) electrons. The summed E-state index contributed by atoms with van der Waals surface area (Å²) in [4.78, 5) is 0.193. The first-order valence-corrected chi connectivity index (χ1v) is 11.0. The lowest BCUT2D eigenvalue weighted by atomic mass is 10.2. The summed E-state index contributed by atoms with van der Waals surface area (Å²) in [6.07, 6.45) is 0.600. The normalized spacial score (nSPS) is 16.8. The number of hydrogen-bond donors (Lipinski definition) is 1. The number of nitrogens with one attached hydrogen (secondary N) is 1. The van der Waals surface area contributed by atoms with Crippen LogP contribution >= 0.6 is 0 Å². The molecule has 1 fully saturated rings. The lowest BCUT2D eigenvalue weighted by molar-refractivity contribution is 0.598. The highest BCUT2D eigenvalue weighted by molar-refractivity contribution is 7.93. The summed E-state index contributed by atoms with van der Waals surface area (Å²) in [6.45, 7) is 4.03. The van der Waals surface area contributed by atoms with Crippen LogP contribution in [0, 0.1) is 13.8 Å². The molecule has 0 spiro atoms. The van der Waals surface area contributed by atoms with Crippen LogP contribution < -0.4 is 9.03 Å². The number of nitrogens with zero attached hydrogens (tertiary/aromatic N) is 1. The van der Waals surface area contributed by atoms with Crippen LogP contribution in [0.25, 0.3) is 0 Å². The van der Waals surface area contributed by atoms with E-state index in [4.69, 9.17) is 0 Å². The zero-order valence-electron chi connectivity index (χ0n) is 14.1. The van der Waals surface area contributed by atoms with E-state index in [1.165, 1.54) is 10.4 Å². The molecule has 1 N–H and O–H groups in total. The van der Waals surface area contributed by atoms with Gasteiger partial charge in [0.1, 0.15) is 0 Å². The highest BCUT2D eigenvalue weighted by Crippen LogP contribution is 2.29. The van der Waals surface area contributed by atoms with E-state index in [0.717, 1.165) is 5.56 Å². The van der Waals surface area contributed by atoms with E-state index in [1.807, 2.05) is 13.0 Å². The fourth-order valence-electron chi connectivity index (χ4n) is 2.83. The maximum Gasteiger partial charge on any atom is 0.261 e. The number of benzene rings is 2. The molecule has 1 saturated heterocycles. The van der Waals surface area contributed by atoms with Gasteiger partial charge in [0.25, 0.3) is 10.0 Å². The third-order valence-corrected chi connectivity index (χ3v) is 7.37. The summed E-state index contributed by atoms with van der Waals surface area (Å²) < 4.78 is 53.0. The zero-order valence-corrected chi connectivity index (χ0v) is 15.7. The van der Waals surface area contributed by atoms with Gasteiger partial charge in [0.15, 0.2) is 0 Å². The molecule has 0 saturated carbocycles. The van der Waals surface area contributed by atoms with Crippen LogP contribution in [0.15, 0.2) is 47.4 Å². The van der Waals surface area contributed by atoms with Crippen molar-refractivity contribution < 1.29 is 16.8 Å². The van der Waals surface area contributed by atoms with Crippen molar-refractivity contribution in [2.24, 2.45) is 0 Å². The molecule has 0 amide bonds. The summed E-state index contributed by atoms with van der Waals surface area (Å²) in [7, 11) is -6.95. The van der Waals surface area contributed by atoms with E-state index in [-0.39, 0.29) is 10.6 Å². The van der Waals surface area contributed by atoms with Crippen molar-refractivity contribution in [1.29, 1.82) is 0 Å². The second-order valence-corrected chi connectivity index (χ2v) is 9.86. The molecule has 2 aromatic carbocycles. The van der Waals surface area contributed by atoms with Gasteiger partial charge in [-0.05, 0) is 61.7 Å². The fraction of sp³-hybridized carbons (Fsp3) is 0.294. The summed E-state index contributed by atoms with van der Waals surface area (Å²) in [6, 6.07) is 11.6. The van der Waals surface area contributed by atoms with Gasteiger partial charge in [0, 0.05) is 6.54 Å². The molecule has 3 rings (SSSR count). The van der Waals surface area contributed by atoms with Crippen molar-refractivity contribution >= 4 is 31.4 Å². The quantitative estimate of drug-likeness (QED) is 0.884. The van der Waals surface area contributed by atoms with Gasteiger partial charge in [0.05, 0.1) is 22.0 Å². The van der Waals surface area contributed by atoms with E-state index >= 15 is 0 Å². The van der Waals surface area contributed by atoms with Crippen LogP contribution in [-0.4, -0.2) is 29.1 Å². The molecule has 6 nitrogen and oxygen atoms in total. The lowest BCUT2D eigenvalue weighted by Gasteiger charge is -2.19. The summed E-state index contributed by atoms with van der Waals surface area (Å²) in [5, 5.41) is 0. The number of rotatable bonds is 4. The van der Waals surface area contributed by atoms with Gasteiger partial charge in [-0.2, -0.15) is 0 Å². The van der Waals surface area contributed by atoms with Gasteiger partial charge in [0.2, 0.25) is 10.0 Å². The van der Waals surface area contributed by atoms with Gasteiger partial charge >= 0.3 is 0 Å². The average molecular weight is 380 g/mol. The van der Waals surface area contributed by atoms with E-state index in [9.17, 15) is 16.8 Å². The molecule has 0 aliphatic carbocycles. The second-order valence-electron chi connectivity index (χ2n) is 6.16. The van der Waals surface area contributed by atoms with Gasteiger partial charge in [-0.25, -0.2) is 16.8 Å². The Hall–Kier alpha value is -2.06. The SMILES string of the molecule is Cc1cccc(S(=O)(=O)Nc2ccc(N3CCCS3(=O)=O)cc2C)c1. The molecular weight excluding hydrogens is 360 g/mol. The Morgan fingerprint density at radius 3 is 2.44 bits per heavy atom. The highest BCUT2D eigenvalue weighted by atomic mass is 32.2. The molecule has 8 heteroatoms. The molecule has 2 aromatic rings. The van der Waals surface area contributed by atoms with Crippen LogP contribution in [0.3, 0.4) is 0 Å². The van der Waals surface area contributed by atoms with Crippen molar-refractivity contribution in [3.63, 3.8) is 0 Å². The molecule has 0 atom stereocenters. The van der Waals surface area contributed by atoms with Crippen LogP contribution in [0.4, 0.5) is 11.4 Å². The first-order chi connectivity index (χ1) is 11.7. The molecule has 134 valence electrons. The lowest BCUT2D eigenvalue weighted by Crippen LogP contribution is -2.25. The molecule has 1 aliphatic rings. The third kappa shape index (κ3) is 3.64. The maximum atomic E-state index is 12.5. The highest BCUT2D eigenvalue weighted by Gasteiger charge is 2.28. The van der Waals surface area contributed by atoms with Gasteiger partial charge in [-0.3, -0.25) is 9.03 Å². The van der Waals surface area contributed by atoms with Crippen LogP contribution in [-0.2, 0) is 20.0 Å². The number of hydrogen-bond acceptors (Lipinski definition) is 4. The van der Waals surface area contributed by atoms with Crippen molar-refractivity contribution in [1.82, 2.24) is 0 Å². The van der Waals surface area contributed by atoms with Gasteiger partial charge in [-0.15, -0.1) is 0 Å². The summed E-state index contributed by atoms with van der Waals surface area (Å²) >= 11 is 0. The van der Waals surface area contributed by atoms with Crippen LogP contribution in [0.5, 0.6) is 0 Å². The summed E-state index contributed by atoms with van der Waals surface area (Å²) in [5.74, 6) is 0.147. The molecule has 0 unspecified atom stereocenters. The Balaban J connectivity index is 1.89. The average Bonchev–Trinajstić information content (AvgIpc) is 2.88. The van der Waals surface area contributed by atoms with Crippen molar-refractivity contribution in [2.45, 2.75) is 25.2 Å². The minimum Gasteiger partial charge on any atom is -0.279 e. The predicted molar refractivity (Wildman–Crippen MR) is 98.9 cm³/mol. The minimum absolute atomic E-state index is 0.147. The standard InChI is InChI=1S/C17H20N2O4S2/c1-13-5-3-6-16(11-13)25(22,23)18-17-8-7-15(12-14(17)2)19-9-4-10-24(19,20)21/h3,5-8,11-12,18H,4,9-10H2,1-2H3. The van der Waals surface area contributed by atoms with Crippen molar-refractivity contribution in [2.75, 3.05) is 21.3 Å². The van der Waals surface area contributed by atoms with Crippen molar-refractivity contribution in [3.05, 3.63) is 53.6 Å². The van der Waals surface area contributed by atoms with Crippen LogP contribution in [0.1, 0.15) is 17.5 Å². The van der Waals surface area contributed by atoms with Gasteiger partial charge < -0.3 is 0 Å². The first-order valence-electron chi connectivity index (χ1n) is 7.90.